The van der Waals surface area contributed by atoms with E-state index in [1.54, 1.807) is 26.8 Å². The number of fused-ring (bicyclic) bond motifs is 1. The van der Waals surface area contributed by atoms with Crippen LogP contribution in [0.15, 0.2) is 18.6 Å². The van der Waals surface area contributed by atoms with E-state index in [2.05, 4.69) is 9.97 Å². The van der Waals surface area contributed by atoms with Gasteiger partial charge in [-0.2, -0.15) is 0 Å². The average molecular weight is 254 g/mol. The predicted octanol–water partition coefficient (Wildman–Crippen LogP) is 2.87. The third kappa shape index (κ3) is 2.39. The zero-order valence-electron chi connectivity index (χ0n) is 9.77. The number of hydrogen-bond acceptors (Lipinski definition) is 4. The average Bonchev–Trinajstić information content (AvgIpc) is 2.60. The minimum absolute atomic E-state index is 0.395. The third-order valence-electron chi connectivity index (χ3n) is 1.98. The van der Waals surface area contributed by atoms with Gasteiger partial charge in [0.1, 0.15) is 17.4 Å². The highest BCUT2D eigenvalue weighted by atomic mass is 35.5. The molecule has 0 aliphatic rings. The lowest BCUT2D eigenvalue weighted by Crippen LogP contribution is -2.26. The van der Waals surface area contributed by atoms with E-state index in [-0.39, 0.29) is 0 Å². The number of hydrogen-bond donors (Lipinski definition) is 0. The normalized spacial score (nSPS) is 11.8. The van der Waals surface area contributed by atoms with Crippen LogP contribution in [-0.2, 0) is 4.74 Å². The molecule has 0 saturated carbocycles. The summed E-state index contributed by atoms with van der Waals surface area (Å²) in [5, 5.41) is 0.456. The Morgan fingerprint density at radius 2 is 2.12 bits per heavy atom. The van der Waals surface area contributed by atoms with Crippen LogP contribution < -0.4 is 0 Å². The van der Waals surface area contributed by atoms with Crippen molar-refractivity contribution < 1.29 is 9.53 Å². The Kier molecular flexibility index (Phi) is 2.79. The number of carbonyl (C=O) groups is 1. The molecule has 2 aromatic rings. The van der Waals surface area contributed by atoms with Gasteiger partial charge in [-0.1, -0.05) is 11.6 Å². The van der Waals surface area contributed by atoms with Crippen LogP contribution in [0.2, 0.25) is 5.02 Å². The van der Waals surface area contributed by atoms with Gasteiger partial charge >= 0.3 is 6.09 Å². The Balaban J connectivity index is 2.43. The third-order valence-corrected chi connectivity index (χ3v) is 2.28. The van der Waals surface area contributed by atoms with Crippen LogP contribution in [0, 0.1) is 0 Å². The zero-order chi connectivity index (χ0) is 12.6. The molecule has 2 aromatic heterocycles. The van der Waals surface area contributed by atoms with E-state index in [1.807, 2.05) is 0 Å². The number of rotatable bonds is 0. The van der Waals surface area contributed by atoms with Gasteiger partial charge in [-0.25, -0.2) is 19.3 Å². The molecule has 0 unspecified atom stereocenters. The molecule has 0 atom stereocenters. The molecule has 0 aliphatic heterocycles. The number of imidazole rings is 1. The summed E-state index contributed by atoms with van der Waals surface area (Å²) in [5.74, 6) is 0. The van der Waals surface area contributed by atoms with Crippen LogP contribution in [-0.4, -0.2) is 26.2 Å². The van der Waals surface area contributed by atoms with Crippen LogP contribution in [0.3, 0.4) is 0 Å². The first-order valence-electron chi connectivity index (χ1n) is 5.09. The highest BCUT2D eigenvalue weighted by Crippen LogP contribution is 2.20. The van der Waals surface area contributed by atoms with E-state index < -0.39 is 11.7 Å². The van der Waals surface area contributed by atoms with Gasteiger partial charge in [0.2, 0.25) is 0 Å². The molecule has 0 spiro atoms. The molecular weight excluding hydrogens is 242 g/mol. The van der Waals surface area contributed by atoms with Crippen molar-refractivity contribution in [3.63, 3.8) is 0 Å². The number of carbonyl (C=O) groups excluding carboxylic acids is 1. The number of nitrogens with zero attached hydrogens (tertiary/aromatic N) is 3. The van der Waals surface area contributed by atoms with Crippen molar-refractivity contribution in [3.8, 4) is 0 Å². The molecule has 0 saturated heterocycles. The second-order valence-electron chi connectivity index (χ2n) is 4.56. The lowest BCUT2D eigenvalue weighted by molar-refractivity contribution is 0.0543. The minimum Gasteiger partial charge on any atom is -0.443 e. The van der Waals surface area contributed by atoms with E-state index >= 15 is 0 Å². The van der Waals surface area contributed by atoms with Gasteiger partial charge in [-0.3, -0.25) is 0 Å². The summed E-state index contributed by atoms with van der Waals surface area (Å²) in [6.07, 6.45) is 2.36. The van der Waals surface area contributed by atoms with Crippen LogP contribution in [0.5, 0.6) is 0 Å². The number of pyridine rings is 1. The monoisotopic (exact) mass is 253 g/mol. The maximum absolute atomic E-state index is 11.9. The summed E-state index contributed by atoms with van der Waals surface area (Å²) in [6, 6.07) is 1.62. The molecule has 0 aliphatic carbocycles. The Labute approximate surface area is 103 Å². The molecule has 5 nitrogen and oxygen atoms in total. The highest BCUT2D eigenvalue weighted by molar-refractivity contribution is 6.34. The van der Waals surface area contributed by atoms with Crippen molar-refractivity contribution in [1.82, 2.24) is 14.5 Å². The first-order valence-corrected chi connectivity index (χ1v) is 5.47. The number of halogens is 1. The van der Waals surface area contributed by atoms with Crippen molar-refractivity contribution >= 4 is 28.9 Å². The standard InChI is InChI=1S/C11H12ClN3O2/c1-11(2,3)17-10(16)15-6-14-8-7(12)4-5-13-9(8)15/h4-6H,1-3H3. The summed E-state index contributed by atoms with van der Waals surface area (Å²) >= 11 is 5.94. The van der Waals surface area contributed by atoms with Gasteiger partial charge in [0.05, 0.1) is 5.02 Å². The number of ether oxygens (including phenoxy) is 1. The van der Waals surface area contributed by atoms with E-state index in [0.29, 0.717) is 16.2 Å². The van der Waals surface area contributed by atoms with Gasteiger partial charge in [0, 0.05) is 6.20 Å². The van der Waals surface area contributed by atoms with Gasteiger partial charge in [-0.05, 0) is 26.8 Å². The quantitative estimate of drug-likeness (QED) is 0.724. The predicted molar refractivity (Wildman–Crippen MR) is 64.2 cm³/mol. The molecule has 0 radical (unpaired) electrons. The molecular formula is C11H12ClN3O2. The Bertz CT molecular complexity index is 572. The molecule has 0 aromatic carbocycles. The first kappa shape index (κ1) is 11.9. The highest BCUT2D eigenvalue weighted by Gasteiger charge is 2.20. The van der Waals surface area contributed by atoms with Gasteiger partial charge in [0.15, 0.2) is 5.65 Å². The number of aromatic nitrogens is 3. The second kappa shape index (κ2) is 4.00. The molecule has 0 amide bonds. The summed E-state index contributed by atoms with van der Waals surface area (Å²) in [5.41, 5.74) is 0.318. The minimum atomic E-state index is -0.563. The van der Waals surface area contributed by atoms with Gasteiger partial charge < -0.3 is 4.74 Å². The largest absolute Gasteiger partial charge is 0.443 e. The maximum Gasteiger partial charge on any atom is 0.421 e. The summed E-state index contributed by atoms with van der Waals surface area (Å²) in [6.45, 7) is 5.39. The molecule has 0 N–H and O–H groups in total. The lowest BCUT2D eigenvalue weighted by atomic mass is 10.2. The molecule has 2 heterocycles. The molecule has 2 rings (SSSR count). The smallest absolute Gasteiger partial charge is 0.421 e. The Morgan fingerprint density at radius 1 is 1.41 bits per heavy atom. The molecule has 6 heteroatoms. The van der Waals surface area contributed by atoms with Crippen LogP contribution in [0.1, 0.15) is 20.8 Å². The van der Waals surface area contributed by atoms with Crippen molar-refractivity contribution in [3.05, 3.63) is 23.6 Å². The van der Waals surface area contributed by atoms with Crippen molar-refractivity contribution in [2.24, 2.45) is 0 Å². The topological polar surface area (TPSA) is 57.0 Å². The summed E-state index contributed by atoms with van der Waals surface area (Å²) in [4.78, 5) is 20.0. The molecule has 90 valence electrons. The first-order chi connectivity index (χ1) is 7.88. The summed E-state index contributed by atoms with van der Waals surface area (Å²) < 4.78 is 6.47. The van der Waals surface area contributed by atoms with Crippen molar-refractivity contribution in [2.45, 2.75) is 26.4 Å². The zero-order valence-corrected chi connectivity index (χ0v) is 10.5. The van der Waals surface area contributed by atoms with Crippen LogP contribution in [0.4, 0.5) is 4.79 Å². The Morgan fingerprint density at radius 3 is 2.76 bits per heavy atom. The molecule has 0 fully saturated rings. The van der Waals surface area contributed by atoms with Crippen molar-refractivity contribution in [1.29, 1.82) is 0 Å². The van der Waals surface area contributed by atoms with Gasteiger partial charge in [-0.15, -0.1) is 0 Å². The van der Waals surface area contributed by atoms with E-state index in [9.17, 15) is 4.79 Å². The van der Waals surface area contributed by atoms with Gasteiger partial charge in [0.25, 0.3) is 0 Å². The lowest BCUT2D eigenvalue weighted by Gasteiger charge is -2.19. The van der Waals surface area contributed by atoms with Crippen molar-refractivity contribution in [2.75, 3.05) is 0 Å². The van der Waals surface area contributed by atoms with E-state index in [0.717, 1.165) is 0 Å². The Hall–Kier alpha value is -1.62. The maximum atomic E-state index is 11.9. The molecule has 0 bridgehead atoms. The fourth-order valence-electron chi connectivity index (χ4n) is 1.33. The summed E-state index contributed by atoms with van der Waals surface area (Å²) in [7, 11) is 0. The van der Waals surface area contributed by atoms with Crippen LogP contribution in [0.25, 0.3) is 11.2 Å². The van der Waals surface area contributed by atoms with E-state index in [4.69, 9.17) is 16.3 Å². The second-order valence-corrected chi connectivity index (χ2v) is 4.97. The fourth-order valence-corrected chi connectivity index (χ4v) is 1.52. The SMILES string of the molecule is CC(C)(C)OC(=O)n1cnc2c(Cl)ccnc21. The fraction of sp³-hybridized carbons (Fsp3) is 0.364. The van der Waals surface area contributed by atoms with Crippen LogP contribution >= 0.6 is 11.6 Å². The molecule has 17 heavy (non-hydrogen) atoms. The van der Waals surface area contributed by atoms with E-state index in [1.165, 1.54) is 17.1 Å².